The Morgan fingerprint density at radius 1 is 1.12 bits per heavy atom. The molecule has 2 aliphatic rings. The van der Waals surface area contributed by atoms with Crippen LogP contribution < -0.4 is 9.64 Å². The minimum Gasteiger partial charge on any atom is -0.477 e. The van der Waals surface area contributed by atoms with Gasteiger partial charge in [0, 0.05) is 51.5 Å². The quantitative estimate of drug-likeness (QED) is 0.808. The van der Waals surface area contributed by atoms with Crippen LogP contribution in [0.1, 0.15) is 16.9 Å². The number of hydrogen-bond acceptors (Lipinski definition) is 6. The molecule has 126 valence electrons. The van der Waals surface area contributed by atoms with Crippen molar-refractivity contribution in [1.82, 2.24) is 24.6 Å². The average Bonchev–Trinajstić information content (AvgIpc) is 2.99. The Labute approximate surface area is 144 Å². The van der Waals surface area contributed by atoms with E-state index in [0.717, 1.165) is 13.0 Å². The van der Waals surface area contributed by atoms with Gasteiger partial charge in [0.05, 0.1) is 6.61 Å². The number of carbonyl (C=O) groups excluding carboxylic acids is 1. The molecule has 2 aliphatic heterocycles. The van der Waals surface area contributed by atoms with Crippen molar-refractivity contribution in [3.63, 3.8) is 0 Å². The van der Waals surface area contributed by atoms with Crippen LogP contribution in [0.5, 0.6) is 5.88 Å². The Hall–Kier alpha value is -2.35. The normalized spacial score (nSPS) is 17.4. The molecule has 2 aromatic heterocycles. The predicted octanol–water partition coefficient (Wildman–Crippen LogP) is 1.07. The maximum Gasteiger partial charge on any atom is 0.276 e. The first kappa shape index (κ1) is 15.2. The maximum atomic E-state index is 12.7. The lowest BCUT2D eigenvalue weighted by Crippen LogP contribution is -2.49. The molecular formula is C15H17ClN6O2. The third kappa shape index (κ3) is 2.66. The first-order valence-electron chi connectivity index (χ1n) is 7.94. The molecular weight excluding hydrogens is 332 g/mol. The van der Waals surface area contributed by atoms with E-state index in [0.29, 0.717) is 49.6 Å². The monoisotopic (exact) mass is 348 g/mol. The second-order valence-corrected chi connectivity index (χ2v) is 6.10. The third-order valence-corrected chi connectivity index (χ3v) is 4.55. The van der Waals surface area contributed by atoms with E-state index in [1.54, 1.807) is 28.0 Å². The molecule has 0 atom stereocenters. The fourth-order valence-electron chi connectivity index (χ4n) is 2.95. The minimum atomic E-state index is -0.154. The van der Waals surface area contributed by atoms with Crippen molar-refractivity contribution in [3.05, 3.63) is 29.2 Å². The topological polar surface area (TPSA) is 76.4 Å². The van der Waals surface area contributed by atoms with Gasteiger partial charge in [-0.1, -0.05) is 11.6 Å². The molecule has 0 saturated carbocycles. The van der Waals surface area contributed by atoms with Gasteiger partial charge in [-0.25, -0.2) is 14.6 Å². The molecule has 0 N–H and O–H groups in total. The fourth-order valence-corrected chi connectivity index (χ4v) is 3.22. The molecule has 0 bridgehead atoms. The number of fused-ring (bicyclic) bond motifs is 1. The van der Waals surface area contributed by atoms with Gasteiger partial charge in [-0.05, 0) is 6.07 Å². The summed E-state index contributed by atoms with van der Waals surface area (Å²) < 4.78 is 7.19. The summed E-state index contributed by atoms with van der Waals surface area (Å²) >= 11 is 6.29. The lowest BCUT2D eigenvalue weighted by atomic mass is 10.3. The van der Waals surface area contributed by atoms with Crippen LogP contribution >= 0.6 is 11.6 Å². The summed E-state index contributed by atoms with van der Waals surface area (Å²) in [7, 11) is 0. The second kappa shape index (κ2) is 6.27. The highest BCUT2D eigenvalue weighted by molar-refractivity contribution is 6.34. The number of halogens is 1. The molecule has 1 amide bonds. The van der Waals surface area contributed by atoms with Crippen LogP contribution in [0.25, 0.3) is 0 Å². The third-order valence-electron chi connectivity index (χ3n) is 4.21. The first-order valence-corrected chi connectivity index (χ1v) is 8.32. The summed E-state index contributed by atoms with van der Waals surface area (Å²) in [6.45, 7) is 3.85. The Morgan fingerprint density at radius 3 is 2.58 bits per heavy atom. The Kier molecular flexibility index (Phi) is 3.97. The van der Waals surface area contributed by atoms with Crippen molar-refractivity contribution in [2.24, 2.45) is 0 Å². The van der Waals surface area contributed by atoms with Gasteiger partial charge in [0.25, 0.3) is 5.91 Å². The molecule has 1 saturated heterocycles. The van der Waals surface area contributed by atoms with Crippen molar-refractivity contribution < 1.29 is 9.53 Å². The molecule has 0 spiro atoms. The number of amides is 1. The number of rotatable bonds is 2. The lowest BCUT2D eigenvalue weighted by Gasteiger charge is -2.34. The number of ether oxygens (including phenoxy) is 1. The number of nitrogens with zero attached hydrogens (tertiary/aromatic N) is 6. The van der Waals surface area contributed by atoms with Gasteiger partial charge in [-0.3, -0.25) is 4.79 Å². The highest BCUT2D eigenvalue weighted by atomic mass is 35.5. The van der Waals surface area contributed by atoms with E-state index in [2.05, 4.69) is 20.0 Å². The largest absolute Gasteiger partial charge is 0.477 e. The molecule has 0 unspecified atom stereocenters. The van der Waals surface area contributed by atoms with Gasteiger partial charge >= 0.3 is 0 Å². The second-order valence-electron chi connectivity index (χ2n) is 5.72. The smallest absolute Gasteiger partial charge is 0.276 e. The summed E-state index contributed by atoms with van der Waals surface area (Å²) in [4.78, 5) is 25.1. The van der Waals surface area contributed by atoms with Crippen molar-refractivity contribution >= 4 is 23.5 Å². The average molecular weight is 349 g/mol. The zero-order valence-corrected chi connectivity index (χ0v) is 13.8. The molecule has 4 heterocycles. The van der Waals surface area contributed by atoms with E-state index in [-0.39, 0.29) is 11.6 Å². The molecule has 0 radical (unpaired) electrons. The minimum absolute atomic E-state index is 0.154. The number of aromatic nitrogens is 4. The number of anilines is 1. The number of hydrogen-bond donors (Lipinski definition) is 0. The molecule has 0 aliphatic carbocycles. The van der Waals surface area contributed by atoms with E-state index in [1.165, 1.54) is 0 Å². The van der Waals surface area contributed by atoms with Gasteiger partial charge in [0.15, 0.2) is 5.69 Å². The summed E-state index contributed by atoms with van der Waals surface area (Å²) in [5.41, 5.74) is 0.276. The highest BCUT2D eigenvalue weighted by Gasteiger charge is 2.30. The van der Waals surface area contributed by atoms with Gasteiger partial charge in [-0.2, -0.15) is 5.10 Å². The van der Waals surface area contributed by atoms with E-state index in [9.17, 15) is 4.79 Å². The van der Waals surface area contributed by atoms with Gasteiger partial charge in [-0.15, -0.1) is 0 Å². The summed E-state index contributed by atoms with van der Waals surface area (Å²) in [6.07, 6.45) is 4.30. The van der Waals surface area contributed by atoms with Crippen LogP contribution in [0.4, 0.5) is 5.95 Å². The van der Waals surface area contributed by atoms with Gasteiger partial charge in [0.2, 0.25) is 11.8 Å². The van der Waals surface area contributed by atoms with E-state index in [4.69, 9.17) is 16.3 Å². The number of piperazine rings is 1. The van der Waals surface area contributed by atoms with Crippen molar-refractivity contribution in [3.8, 4) is 5.88 Å². The SMILES string of the molecule is O=C(c1nn2c(c1Cl)OCCC2)N1CCN(c2ncccn2)CC1. The zero-order chi connectivity index (χ0) is 16.5. The van der Waals surface area contributed by atoms with Crippen LogP contribution in [0.15, 0.2) is 18.5 Å². The van der Waals surface area contributed by atoms with Crippen LogP contribution in [0, 0.1) is 0 Å². The molecule has 2 aromatic rings. The Balaban J connectivity index is 1.46. The van der Waals surface area contributed by atoms with Crippen molar-refractivity contribution in [2.75, 3.05) is 37.7 Å². The molecule has 0 aromatic carbocycles. The highest BCUT2D eigenvalue weighted by Crippen LogP contribution is 2.31. The Morgan fingerprint density at radius 2 is 1.88 bits per heavy atom. The van der Waals surface area contributed by atoms with Crippen LogP contribution in [-0.4, -0.2) is 63.3 Å². The molecule has 4 rings (SSSR count). The Bertz CT molecular complexity index is 742. The van der Waals surface area contributed by atoms with Crippen LogP contribution in [-0.2, 0) is 6.54 Å². The van der Waals surface area contributed by atoms with Crippen LogP contribution in [0.3, 0.4) is 0 Å². The molecule has 24 heavy (non-hydrogen) atoms. The predicted molar refractivity (Wildman–Crippen MR) is 87.5 cm³/mol. The first-order chi connectivity index (χ1) is 11.7. The summed E-state index contributed by atoms with van der Waals surface area (Å²) in [5, 5.41) is 4.65. The molecule has 9 heteroatoms. The van der Waals surface area contributed by atoms with Crippen molar-refractivity contribution in [1.29, 1.82) is 0 Å². The standard InChI is InChI=1S/C15H17ClN6O2/c16-11-12(19-22-5-2-10-24-14(11)22)13(23)20-6-8-21(9-7-20)15-17-3-1-4-18-15/h1,3-4H,2,5-10H2. The summed E-state index contributed by atoms with van der Waals surface area (Å²) in [5.74, 6) is 1.04. The van der Waals surface area contributed by atoms with Crippen LogP contribution in [0.2, 0.25) is 5.02 Å². The van der Waals surface area contributed by atoms with Gasteiger partial charge in [0.1, 0.15) is 5.02 Å². The molecule has 1 fully saturated rings. The van der Waals surface area contributed by atoms with E-state index < -0.39 is 0 Å². The number of aryl methyl sites for hydroxylation is 1. The van der Waals surface area contributed by atoms with Crippen molar-refractivity contribution in [2.45, 2.75) is 13.0 Å². The number of carbonyl (C=O) groups is 1. The van der Waals surface area contributed by atoms with E-state index in [1.807, 2.05) is 0 Å². The maximum absolute atomic E-state index is 12.7. The summed E-state index contributed by atoms with van der Waals surface area (Å²) in [6, 6.07) is 1.79. The zero-order valence-electron chi connectivity index (χ0n) is 13.1. The van der Waals surface area contributed by atoms with Gasteiger partial charge < -0.3 is 14.5 Å². The lowest BCUT2D eigenvalue weighted by molar-refractivity contribution is 0.0739. The fraction of sp³-hybridized carbons (Fsp3) is 0.467. The van der Waals surface area contributed by atoms with E-state index >= 15 is 0 Å². The molecule has 8 nitrogen and oxygen atoms in total.